The number of benzene rings is 1. The zero-order valence-corrected chi connectivity index (χ0v) is 14.2. The summed E-state index contributed by atoms with van der Waals surface area (Å²) in [6.45, 7) is 5.64. The van der Waals surface area contributed by atoms with Crippen LogP contribution in [-0.4, -0.2) is 30.4 Å². The van der Waals surface area contributed by atoms with Crippen molar-refractivity contribution < 1.29 is 14.3 Å². The number of halogens is 2. The second kappa shape index (κ2) is 7.02. The molecule has 6 heteroatoms. The predicted molar refractivity (Wildman–Crippen MR) is 91.1 cm³/mol. The van der Waals surface area contributed by atoms with Crippen molar-refractivity contribution in [3.63, 3.8) is 0 Å². The van der Waals surface area contributed by atoms with Crippen molar-refractivity contribution in [2.75, 3.05) is 13.7 Å². The Balaban J connectivity index is 2.55. The van der Waals surface area contributed by atoms with Crippen LogP contribution in [0.3, 0.4) is 0 Å². The Bertz CT molecular complexity index is 750. The number of allylic oxidation sites excluding steroid dienone is 1. The summed E-state index contributed by atoms with van der Waals surface area (Å²) in [5, 5.41) is 0.787. The van der Waals surface area contributed by atoms with Crippen LogP contribution in [0, 0.1) is 0 Å². The Morgan fingerprint density at radius 1 is 1.35 bits per heavy atom. The van der Waals surface area contributed by atoms with E-state index in [0.717, 1.165) is 0 Å². The number of nitrogens with zero attached hydrogens (tertiary/aromatic N) is 1. The van der Waals surface area contributed by atoms with Gasteiger partial charge in [-0.05, 0) is 30.7 Å². The molecule has 0 aliphatic carbocycles. The van der Waals surface area contributed by atoms with Gasteiger partial charge in [-0.3, -0.25) is 4.79 Å². The lowest BCUT2D eigenvalue weighted by atomic mass is 10.0. The predicted octanol–water partition coefficient (Wildman–Crippen LogP) is 3.85. The summed E-state index contributed by atoms with van der Waals surface area (Å²) in [5.74, 6) is -0.845. The lowest BCUT2D eigenvalue weighted by molar-refractivity contribution is -0.136. The van der Waals surface area contributed by atoms with Crippen molar-refractivity contribution in [2.45, 2.75) is 6.92 Å². The maximum absolute atomic E-state index is 12.6. The van der Waals surface area contributed by atoms with E-state index in [1.54, 1.807) is 37.3 Å². The Kier molecular flexibility index (Phi) is 5.29. The molecule has 23 heavy (non-hydrogen) atoms. The fourth-order valence-corrected chi connectivity index (χ4v) is 2.65. The molecule has 120 valence electrons. The smallest absolute Gasteiger partial charge is 0.340 e. The van der Waals surface area contributed by atoms with E-state index in [1.165, 1.54) is 12.0 Å². The van der Waals surface area contributed by atoms with Crippen LogP contribution in [0.5, 0.6) is 0 Å². The van der Waals surface area contributed by atoms with E-state index in [9.17, 15) is 9.59 Å². The molecule has 1 aromatic rings. The molecule has 0 atom stereocenters. The van der Waals surface area contributed by atoms with Crippen molar-refractivity contribution in [1.82, 2.24) is 4.90 Å². The van der Waals surface area contributed by atoms with E-state index in [2.05, 4.69) is 6.58 Å². The number of carbonyl (C=O) groups is 2. The van der Waals surface area contributed by atoms with E-state index >= 15 is 0 Å². The Morgan fingerprint density at radius 3 is 2.61 bits per heavy atom. The Hall–Kier alpha value is -2.04. The third kappa shape index (κ3) is 3.33. The summed E-state index contributed by atoms with van der Waals surface area (Å²) in [7, 11) is 1.28. The first-order valence-electron chi connectivity index (χ1n) is 6.79. The molecule has 1 aliphatic heterocycles. The number of amides is 1. The molecule has 0 unspecified atom stereocenters. The topological polar surface area (TPSA) is 46.6 Å². The summed E-state index contributed by atoms with van der Waals surface area (Å²) in [4.78, 5) is 26.1. The van der Waals surface area contributed by atoms with Gasteiger partial charge >= 0.3 is 5.97 Å². The van der Waals surface area contributed by atoms with Crippen molar-refractivity contribution in [3.05, 3.63) is 63.3 Å². The number of hydrogen-bond acceptors (Lipinski definition) is 3. The van der Waals surface area contributed by atoms with Crippen LogP contribution in [0.25, 0.3) is 6.08 Å². The van der Waals surface area contributed by atoms with Gasteiger partial charge in [-0.1, -0.05) is 35.3 Å². The highest BCUT2D eigenvalue weighted by atomic mass is 35.5. The van der Waals surface area contributed by atoms with Gasteiger partial charge in [0.25, 0.3) is 5.91 Å². The molecule has 0 saturated heterocycles. The Morgan fingerprint density at radius 2 is 2.04 bits per heavy atom. The largest absolute Gasteiger partial charge is 0.465 e. The lowest BCUT2D eigenvalue weighted by Crippen LogP contribution is -2.24. The number of hydrogen-bond donors (Lipinski definition) is 0. The average Bonchev–Trinajstić information content (AvgIpc) is 2.75. The number of carbonyl (C=O) groups excluding carboxylic acids is 2. The lowest BCUT2D eigenvalue weighted by Gasteiger charge is -2.14. The van der Waals surface area contributed by atoms with Gasteiger partial charge in [0.1, 0.15) is 0 Å². The zero-order valence-electron chi connectivity index (χ0n) is 12.7. The van der Waals surface area contributed by atoms with Crippen molar-refractivity contribution in [2.24, 2.45) is 0 Å². The summed E-state index contributed by atoms with van der Waals surface area (Å²) >= 11 is 11.9. The molecule has 0 fully saturated rings. The van der Waals surface area contributed by atoms with Gasteiger partial charge in [-0.15, -0.1) is 6.58 Å². The summed E-state index contributed by atoms with van der Waals surface area (Å²) in [6, 6.07) is 4.98. The number of rotatable bonds is 4. The maximum atomic E-state index is 12.6. The molecule has 0 saturated carbocycles. The third-order valence-electron chi connectivity index (χ3n) is 3.47. The monoisotopic (exact) mass is 351 g/mol. The molecule has 0 N–H and O–H groups in total. The van der Waals surface area contributed by atoms with Crippen LogP contribution < -0.4 is 0 Å². The molecule has 0 radical (unpaired) electrons. The number of ether oxygens (including phenoxy) is 1. The number of methoxy groups -OCH3 is 1. The van der Waals surface area contributed by atoms with Gasteiger partial charge in [0.15, 0.2) is 0 Å². The van der Waals surface area contributed by atoms with Crippen molar-refractivity contribution in [3.8, 4) is 0 Å². The van der Waals surface area contributed by atoms with Gasteiger partial charge in [0.05, 0.1) is 28.3 Å². The third-order valence-corrected chi connectivity index (χ3v) is 4.21. The second-order valence-corrected chi connectivity index (χ2v) is 5.70. The van der Waals surface area contributed by atoms with Crippen LogP contribution in [0.4, 0.5) is 0 Å². The molecule has 0 aromatic heterocycles. The normalized spacial score (nSPS) is 16.3. The molecule has 1 aromatic carbocycles. The first-order valence-corrected chi connectivity index (χ1v) is 7.55. The maximum Gasteiger partial charge on any atom is 0.340 e. The van der Waals surface area contributed by atoms with E-state index in [-0.39, 0.29) is 17.1 Å². The summed E-state index contributed by atoms with van der Waals surface area (Å²) in [5.41, 5.74) is 1.70. The van der Waals surface area contributed by atoms with E-state index in [1.807, 2.05) is 0 Å². The molecule has 1 heterocycles. The molecule has 1 aliphatic rings. The highest BCUT2D eigenvalue weighted by molar-refractivity contribution is 6.42. The van der Waals surface area contributed by atoms with Crippen LogP contribution in [0.15, 0.2) is 47.7 Å². The minimum atomic E-state index is -0.561. The van der Waals surface area contributed by atoms with Gasteiger partial charge in [0.2, 0.25) is 0 Å². The molecule has 2 rings (SSSR count). The highest BCUT2D eigenvalue weighted by Gasteiger charge is 2.36. The fourth-order valence-electron chi connectivity index (χ4n) is 2.35. The van der Waals surface area contributed by atoms with E-state index in [4.69, 9.17) is 27.9 Å². The van der Waals surface area contributed by atoms with Crippen LogP contribution in [0.2, 0.25) is 10.0 Å². The molecule has 0 bridgehead atoms. The van der Waals surface area contributed by atoms with E-state index in [0.29, 0.717) is 27.9 Å². The number of esters is 1. The van der Waals surface area contributed by atoms with Crippen LogP contribution >= 0.6 is 23.2 Å². The second-order valence-electron chi connectivity index (χ2n) is 4.89. The van der Waals surface area contributed by atoms with Gasteiger partial charge in [0, 0.05) is 12.2 Å². The Labute approximate surface area is 144 Å². The quantitative estimate of drug-likeness (QED) is 0.470. The average molecular weight is 352 g/mol. The van der Waals surface area contributed by atoms with Crippen molar-refractivity contribution in [1.29, 1.82) is 0 Å². The zero-order chi connectivity index (χ0) is 17.1. The van der Waals surface area contributed by atoms with Gasteiger partial charge in [-0.2, -0.15) is 0 Å². The first-order chi connectivity index (χ1) is 10.9. The molecular formula is C17H15Cl2NO3. The highest BCUT2D eigenvalue weighted by Crippen LogP contribution is 2.32. The molecule has 4 nitrogen and oxygen atoms in total. The molecule has 0 spiro atoms. The standard InChI is InChI=1S/C17H15Cl2NO3/c1-4-7-20-10(2)15(17(22)23-3)12(16(20)21)8-11-5-6-13(18)14(19)9-11/h4-6,8-9H,1,7H2,2-3H3/b12-8-. The minimum absolute atomic E-state index is 0.241. The van der Waals surface area contributed by atoms with Crippen molar-refractivity contribution >= 4 is 41.2 Å². The van der Waals surface area contributed by atoms with Crippen LogP contribution in [-0.2, 0) is 14.3 Å². The minimum Gasteiger partial charge on any atom is -0.465 e. The fraction of sp³-hybridized carbons (Fsp3) is 0.176. The molecular weight excluding hydrogens is 337 g/mol. The van der Waals surface area contributed by atoms with Crippen LogP contribution in [0.1, 0.15) is 12.5 Å². The SMILES string of the molecule is C=CCN1C(=O)/C(=C\c2ccc(Cl)c(Cl)c2)C(C(=O)OC)=C1C. The summed E-state index contributed by atoms with van der Waals surface area (Å²) < 4.78 is 4.80. The first kappa shape index (κ1) is 17.3. The van der Waals surface area contributed by atoms with E-state index < -0.39 is 5.97 Å². The van der Waals surface area contributed by atoms with Gasteiger partial charge < -0.3 is 9.64 Å². The summed E-state index contributed by atoms with van der Waals surface area (Å²) in [6.07, 6.45) is 3.20. The molecule has 1 amide bonds. The van der Waals surface area contributed by atoms with Gasteiger partial charge in [-0.25, -0.2) is 4.79 Å².